The lowest BCUT2D eigenvalue weighted by Crippen LogP contribution is -2.24. The van der Waals surface area contributed by atoms with Crippen LogP contribution >= 0.6 is 0 Å². The number of aromatic nitrogens is 1. The molecule has 0 unspecified atom stereocenters. The Morgan fingerprint density at radius 1 is 1.24 bits per heavy atom. The zero-order valence-electron chi connectivity index (χ0n) is 12.6. The molecule has 7 heteroatoms. The normalized spacial score (nSPS) is 11.7. The number of aromatic carboxylic acids is 1. The fraction of sp³-hybridized carbons (Fsp3) is 0.643. The van der Waals surface area contributed by atoms with Crippen molar-refractivity contribution in [2.24, 2.45) is 7.05 Å². The second kappa shape index (κ2) is 8.19. The number of nitrogens with one attached hydrogen (secondary N) is 1. The third kappa shape index (κ3) is 5.51. The maximum atomic E-state index is 12.0. The molecule has 2 N–H and O–H groups in total. The van der Waals surface area contributed by atoms with Gasteiger partial charge in [-0.3, -0.25) is 0 Å². The Hall–Kier alpha value is -1.34. The molecule has 1 rings (SSSR count). The van der Waals surface area contributed by atoms with Gasteiger partial charge in [0.1, 0.15) is 10.6 Å². The predicted molar refractivity (Wildman–Crippen MR) is 80.9 cm³/mol. The molecule has 21 heavy (non-hydrogen) atoms. The second-order valence-corrected chi connectivity index (χ2v) is 6.91. The van der Waals surface area contributed by atoms with Gasteiger partial charge in [-0.15, -0.1) is 0 Å². The molecule has 0 radical (unpaired) electrons. The third-order valence-electron chi connectivity index (χ3n) is 3.33. The summed E-state index contributed by atoms with van der Waals surface area (Å²) in [6.45, 7) is 2.53. The van der Waals surface area contributed by atoms with Crippen LogP contribution in [0.25, 0.3) is 0 Å². The number of rotatable bonds is 10. The summed E-state index contributed by atoms with van der Waals surface area (Å²) in [5.74, 6) is -1.14. The lowest BCUT2D eigenvalue weighted by atomic mass is 10.1. The Balaban J connectivity index is 2.47. The Morgan fingerprint density at radius 2 is 1.86 bits per heavy atom. The maximum Gasteiger partial charge on any atom is 0.352 e. The lowest BCUT2D eigenvalue weighted by molar-refractivity contribution is 0.0686. The van der Waals surface area contributed by atoms with Crippen molar-refractivity contribution in [3.8, 4) is 0 Å². The highest BCUT2D eigenvalue weighted by atomic mass is 32.2. The summed E-state index contributed by atoms with van der Waals surface area (Å²) in [5, 5.41) is 8.93. The van der Waals surface area contributed by atoms with E-state index in [2.05, 4.69) is 11.6 Å². The summed E-state index contributed by atoms with van der Waals surface area (Å²) >= 11 is 0. The van der Waals surface area contributed by atoms with Crippen LogP contribution in [-0.2, 0) is 17.1 Å². The first-order valence-electron chi connectivity index (χ1n) is 7.28. The smallest absolute Gasteiger partial charge is 0.352 e. The third-order valence-corrected chi connectivity index (χ3v) is 4.76. The molecule has 0 saturated heterocycles. The Kier molecular flexibility index (Phi) is 6.91. The highest BCUT2D eigenvalue weighted by Crippen LogP contribution is 2.13. The first kappa shape index (κ1) is 17.7. The average Bonchev–Trinajstić information content (AvgIpc) is 2.81. The molecular formula is C14H24N2O4S. The number of aryl methyl sites for hydroxylation is 1. The highest BCUT2D eigenvalue weighted by Gasteiger charge is 2.19. The summed E-state index contributed by atoms with van der Waals surface area (Å²) in [5.41, 5.74) is -0.0464. The van der Waals surface area contributed by atoms with Crippen LogP contribution in [0.5, 0.6) is 0 Å². The molecule has 1 heterocycles. The van der Waals surface area contributed by atoms with E-state index < -0.39 is 16.0 Å². The van der Waals surface area contributed by atoms with Gasteiger partial charge >= 0.3 is 5.97 Å². The molecule has 0 amide bonds. The number of carboxylic acids is 1. The van der Waals surface area contributed by atoms with Gasteiger partial charge < -0.3 is 9.67 Å². The predicted octanol–water partition coefficient (Wildman–Crippen LogP) is 2.36. The summed E-state index contributed by atoms with van der Waals surface area (Å²) in [7, 11) is -2.12. The Bertz CT molecular complexity index is 564. The van der Waals surface area contributed by atoms with Crippen molar-refractivity contribution in [3.63, 3.8) is 0 Å². The number of sulfonamides is 1. The number of hydrogen-bond donors (Lipinski definition) is 2. The number of carbonyl (C=O) groups is 1. The van der Waals surface area contributed by atoms with Crippen LogP contribution in [0.2, 0.25) is 0 Å². The van der Waals surface area contributed by atoms with Crippen molar-refractivity contribution < 1.29 is 18.3 Å². The molecule has 0 spiro atoms. The van der Waals surface area contributed by atoms with E-state index in [9.17, 15) is 13.2 Å². The molecule has 0 aromatic carbocycles. The van der Waals surface area contributed by atoms with Crippen LogP contribution in [-0.4, -0.2) is 30.6 Å². The highest BCUT2D eigenvalue weighted by molar-refractivity contribution is 7.89. The van der Waals surface area contributed by atoms with Gasteiger partial charge in [0.05, 0.1) is 0 Å². The van der Waals surface area contributed by atoms with E-state index >= 15 is 0 Å². The van der Waals surface area contributed by atoms with E-state index in [1.807, 2.05) is 0 Å². The van der Waals surface area contributed by atoms with Crippen LogP contribution in [0.3, 0.4) is 0 Å². The lowest BCUT2D eigenvalue weighted by Gasteiger charge is -2.04. The van der Waals surface area contributed by atoms with Gasteiger partial charge in [0.2, 0.25) is 10.0 Å². The molecule has 0 fully saturated rings. The van der Waals surface area contributed by atoms with Crippen LogP contribution in [0, 0.1) is 0 Å². The van der Waals surface area contributed by atoms with Crippen molar-refractivity contribution in [1.29, 1.82) is 0 Å². The zero-order chi connectivity index (χ0) is 15.9. The van der Waals surface area contributed by atoms with Crippen molar-refractivity contribution in [2.45, 2.75) is 50.3 Å². The monoisotopic (exact) mass is 316 g/mol. The topological polar surface area (TPSA) is 88.4 Å². The first-order valence-corrected chi connectivity index (χ1v) is 8.76. The van der Waals surface area contributed by atoms with Gasteiger partial charge in [-0.25, -0.2) is 17.9 Å². The summed E-state index contributed by atoms with van der Waals surface area (Å²) in [4.78, 5) is 10.9. The minimum Gasteiger partial charge on any atom is -0.477 e. The van der Waals surface area contributed by atoms with E-state index in [1.165, 1.54) is 43.1 Å². The van der Waals surface area contributed by atoms with E-state index in [4.69, 9.17) is 5.11 Å². The van der Waals surface area contributed by atoms with Crippen LogP contribution in [0.1, 0.15) is 55.9 Å². The van der Waals surface area contributed by atoms with Crippen molar-refractivity contribution in [1.82, 2.24) is 9.29 Å². The molecule has 0 atom stereocenters. The molecule has 1 aromatic rings. The molecule has 0 saturated carbocycles. The van der Waals surface area contributed by atoms with Crippen molar-refractivity contribution in [3.05, 3.63) is 18.0 Å². The van der Waals surface area contributed by atoms with Gasteiger partial charge in [-0.05, 0) is 12.5 Å². The summed E-state index contributed by atoms with van der Waals surface area (Å²) < 4.78 is 27.9. The first-order chi connectivity index (χ1) is 9.88. The average molecular weight is 316 g/mol. The van der Waals surface area contributed by atoms with Gasteiger partial charge in [-0.2, -0.15) is 0 Å². The number of nitrogens with zero attached hydrogens (tertiary/aromatic N) is 1. The molecule has 6 nitrogen and oxygen atoms in total. The van der Waals surface area contributed by atoms with Gasteiger partial charge in [0.25, 0.3) is 0 Å². The number of hydrogen-bond acceptors (Lipinski definition) is 3. The SMILES string of the molecule is CCCCCCCCNS(=O)(=O)c1cc(C(=O)O)n(C)c1. The molecule has 0 bridgehead atoms. The molecule has 0 aliphatic rings. The number of unbranched alkanes of at least 4 members (excludes halogenated alkanes) is 5. The van der Waals surface area contributed by atoms with Crippen molar-refractivity contribution >= 4 is 16.0 Å². The van der Waals surface area contributed by atoms with Gasteiger partial charge in [0.15, 0.2) is 0 Å². The summed E-state index contributed by atoms with van der Waals surface area (Å²) in [6.07, 6.45) is 7.81. The molecule has 0 aliphatic carbocycles. The Labute approximate surface area is 126 Å². The summed E-state index contributed by atoms with van der Waals surface area (Å²) in [6, 6.07) is 1.17. The molecular weight excluding hydrogens is 292 g/mol. The van der Waals surface area contributed by atoms with Crippen LogP contribution < -0.4 is 4.72 Å². The van der Waals surface area contributed by atoms with E-state index in [1.54, 1.807) is 0 Å². The molecule has 0 aliphatic heterocycles. The minimum absolute atomic E-state index is 0.00613. The fourth-order valence-electron chi connectivity index (χ4n) is 2.09. The number of carboxylic acid groups (broad SMARTS) is 1. The van der Waals surface area contributed by atoms with Crippen LogP contribution in [0.4, 0.5) is 0 Å². The van der Waals surface area contributed by atoms with E-state index in [0.29, 0.717) is 6.54 Å². The van der Waals surface area contributed by atoms with E-state index in [-0.39, 0.29) is 10.6 Å². The molecule has 120 valence electrons. The van der Waals surface area contributed by atoms with E-state index in [0.717, 1.165) is 19.3 Å². The maximum absolute atomic E-state index is 12.0. The zero-order valence-corrected chi connectivity index (χ0v) is 13.4. The van der Waals surface area contributed by atoms with Gasteiger partial charge in [-0.1, -0.05) is 39.0 Å². The largest absolute Gasteiger partial charge is 0.477 e. The Morgan fingerprint density at radius 3 is 2.43 bits per heavy atom. The minimum atomic E-state index is -3.63. The van der Waals surface area contributed by atoms with Crippen LogP contribution in [0.15, 0.2) is 17.2 Å². The second-order valence-electron chi connectivity index (χ2n) is 5.14. The standard InChI is InChI=1S/C14H24N2O4S/c1-3-4-5-6-7-8-9-15-21(19,20)12-10-13(14(17)18)16(2)11-12/h10-11,15H,3-9H2,1-2H3,(H,17,18). The van der Waals surface area contributed by atoms with Gasteiger partial charge in [0, 0.05) is 19.8 Å². The molecule has 1 aromatic heterocycles. The quantitative estimate of drug-likeness (QED) is 0.649. The van der Waals surface area contributed by atoms with Crippen molar-refractivity contribution in [2.75, 3.05) is 6.54 Å². The fourth-order valence-corrected chi connectivity index (χ4v) is 3.23.